The summed E-state index contributed by atoms with van der Waals surface area (Å²) in [6.45, 7) is 3.70. The van der Waals surface area contributed by atoms with E-state index in [2.05, 4.69) is 10.0 Å². The normalized spacial score (nSPS) is 13.5. The zero-order valence-corrected chi connectivity index (χ0v) is 18.1. The molecule has 0 unspecified atom stereocenters. The highest BCUT2D eigenvalue weighted by atomic mass is 35.5. The van der Waals surface area contributed by atoms with Crippen LogP contribution >= 0.6 is 11.6 Å². The van der Waals surface area contributed by atoms with Gasteiger partial charge in [0, 0.05) is 19.2 Å². The smallest absolute Gasteiger partial charge is 0.258 e. The highest BCUT2D eigenvalue weighted by Crippen LogP contribution is 2.28. The molecule has 0 spiro atoms. The van der Waals surface area contributed by atoms with Crippen molar-refractivity contribution in [3.63, 3.8) is 0 Å². The molecule has 29 heavy (non-hydrogen) atoms. The van der Waals surface area contributed by atoms with Gasteiger partial charge in [0.1, 0.15) is 5.75 Å². The Balaban J connectivity index is 2.01. The Morgan fingerprint density at radius 1 is 1.14 bits per heavy atom. The molecule has 1 amide bonds. The molecule has 0 aliphatic heterocycles. The third-order valence-electron chi connectivity index (χ3n) is 4.03. The van der Waals surface area contributed by atoms with E-state index in [0.29, 0.717) is 6.61 Å². The van der Waals surface area contributed by atoms with Gasteiger partial charge in [-0.25, -0.2) is 13.1 Å². The second kappa shape index (κ2) is 10.6. The first-order valence-electron chi connectivity index (χ1n) is 9.01. The zero-order chi connectivity index (χ0) is 21.4. The van der Waals surface area contributed by atoms with Crippen LogP contribution < -0.4 is 14.8 Å². The van der Waals surface area contributed by atoms with E-state index in [1.165, 1.54) is 18.2 Å². The van der Waals surface area contributed by atoms with Crippen LogP contribution in [0.1, 0.15) is 25.5 Å². The van der Waals surface area contributed by atoms with Gasteiger partial charge >= 0.3 is 0 Å². The number of benzene rings is 2. The first-order chi connectivity index (χ1) is 13.7. The monoisotopic (exact) mass is 440 g/mol. The van der Waals surface area contributed by atoms with E-state index in [4.69, 9.17) is 21.1 Å². The van der Waals surface area contributed by atoms with Crippen LogP contribution in [0.5, 0.6) is 5.75 Å². The van der Waals surface area contributed by atoms with Gasteiger partial charge in [0.25, 0.3) is 5.91 Å². The van der Waals surface area contributed by atoms with Crippen LogP contribution in [-0.4, -0.2) is 40.7 Å². The Bertz CT molecular complexity index is 922. The van der Waals surface area contributed by atoms with Crippen molar-refractivity contribution in [2.24, 2.45) is 0 Å². The molecule has 9 heteroatoms. The lowest BCUT2D eigenvalue weighted by Crippen LogP contribution is -2.38. The van der Waals surface area contributed by atoms with Gasteiger partial charge in [-0.2, -0.15) is 0 Å². The van der Waals surface area contributed by atoms with E-state index in [1.54, 1.807) is 21.0 Å². The van der Waals surface area contributed by atoms with E-state index >= 15 is 0 Å². The zero-order valence-electron chi connectivity index (χ0n) is 16.5. The molecule has 0 radical (unpaired) electrons. The molecule has 2 rings (SSSR count). The van der Waals surface area contributed by atoms with Crippen LogP contribution in [0.2, 0.25) is 5.02 Å². The summed E-state index contributed by atoms with van der Waals surface area (Å²) in [5.41, 5.74) is 0.843. The lowest BCUT2D eigenvalue weighted by molar-refractivity contribution is -0.124. The molecule has 2 N–H and O–H groups in total. The Morgan fingerprint density at radius 3 is 2.45 bits per heavy atom. The van der Waals surface area contributed by atoms with Gasteiger partial charge in [-0.1, -0.05) is 41.9 Å². The van der Waals surface area contributed by atoms with Gasteiger partial charge in [-0.05, 0) is 37.6 Å². The summed E-state index contributed by atoms with van der Waals surface area (Å²) < 4.78 is 38.2. The molecule has 0 fully saturated rings. The van der Waals surface area contributed by atoms with Crippen molar-refractivity contribution in [1.29, 1.82) is 0 Å². The fraction of sp³-hybridized carbons (Fsp3) is 0.350. The van der Waals surface area contributed by atoms with Crippen molar-refractivity contribution in [3.8, 4) is 5.75 Å². The molecule has 0 bridgehead atoms. The summed E-state index contributed by atoms with van der Waals surface area (Å²) in [5.74, 6) is -0.114. The maximum atomic E-state index is 12.6. The van der Waals surface area contributed by atoms with Crippen molar-refractivity contribution in [2.75, 3.05) is 20.3 Å². The number of ether oxygens (including phenoxy) is 2. The number of sulfonamides is 1. The molecular weight excluding hydrogens is 416 g/mol. The number of halogens is 1. The fourth-order valence-corrected chi connectivity index (χ4v) is 4.19. The molecule has 0 aliphatic rings. The molecule has 0 aromatic heterocycles. The minimum absolute atomic E-state index is 0.01000. The minimum Gasteiger partial charge on any atom is -0.482 e. The number of nitrogens with one attached hydrogen (secondary N) is 2. The lowest BCUT2D eigenvalue weighted by atomic mass is 10.1. The average Bonchev–Trinajstić information content (AvgIpc) is 2.67. The minimum atomic E-state index is -3.78. The van der Waals surface area contributed by atoms with Crippen molar-refractivity contribution < 1.29 is 22.7 Å². The van der Waals surface area contributed by atoms with Crippen LogP contribution in [0.4, 0.5) is 0 Å². The van der Waals surface area contributed by atoms with Gasteiger partial charge < -0.3 is 14.8 Å². The first kappa shape index (κ1) is 23.2. The summed E-state index contributed by atoms with van der Waals surface area (Å²) >= 11 is 6.16. The van der Waals surface area contributed by atoms with Crippen LogP contribution in [0, 0.1) is 0 Å². The first-order valence-corrected chi connectivity index (χ1v) is 10.9. The van der Waals surface area contributed by atoms with E-state index in [1.807, 2.05) is 30.3 Å². The van der Waals surface area contributed by atoms with Gasteiger partial charge in [-0.15, -0.1) is 0 Å². The summed E-state index contributed by atoms with van der Waals surface area (Å²) in [5, 5.41) is 2.80. The molecule has 0 saturated carbocycles. The predicted octanol–water partition coefficient (Wildman–Crippen LogP) is 2.91. The van der Waals surface area contributed by atoms with Gasteiger partial charge in [-0.3, -0.25) is 4.79 Å². The molecule has 2 aromatic rings. The van der Waals surface area contributed by atoms with Crippen molar-refractivity contribution in [1.82, 2.24) is 10.0 Å². The number of carbonyl (C=O) groups excluding carboxylic acids is 1. The lowest BCUT2D eigenvalue weighted by Gasteiger charge is -2.16. The maximum absolute atomic E-state index is 12.6. The Hall–Kier alpha value is -2.13. The van der Waals surface area contributed by atoms with Crippen molar-refractivity contribution in [3.05, 3.63) is 59.1 Å². The predicted molar refractivity (Wildman–Crippen MR) is 112 cm³/mol. The highest BCUT2D eigenvalue weighted by molar-refractivity contribution is 7.89. The highest BCUT2D eigenvalue weighted by Gasteiger charge is 2.20. The quantitative estimate of drug-likeness (QED) is 0.592. The number of hydrogen-bond acceptors (Lipinski definition) is 5. The average molecular weight is 441 g/mol. The number of carbonyl (C=O) groups is 1. The van der Waals surface area contributed by atoms with E-state index in [9.17, 15) is 13.2 Å². The van der Waals surface area contributed by atoms with Crippen molar-refractivity contribution >= 4 is 27.5 Å². The third-order valence-corrected chi connectivity index (χ3v) is 5.86. The standard InChI is InChI=1S/C20H25ClN2O5S/c1-14(12-27-3)22-20(24)13-28-19-10-9-17(11-18(19)21)29(25,26)23-15(2)16-7-5-4-6-8-16/h4-11,14-15,23H,12-13H2,1-3H3,(H,22,24)/t14-,15-/m1/s1. The van der Waals surface area contributed by atoms with E-state index in [0.717, 1.165) is 5.56 Å². The Kier molecular flexibility index (Phi) is 8.45. The van der Waals surface area contributed by atoms with E-state index < -0.39 is 16.1 Å². The second-order valence-corrected chi connectivity index (χ2v) is 8.68. The molecule has 0 aliphatic carbocycles. The summed E-state index contributed by atoms with van der Waals surface area (Å²) in [7, 11) is -2.24. The molecular formula is C20H25ClN2O5S. The molecule has 0 saturated heterocycles. The van der Waals surface area contributed by atoms with E-state index in [-0.39, 0.29) is 34.2 Å². The Morgan fingerprint density at radius 2 is 1.83 bits per heavy atom. The molecule has 2 atom stereocenters. The third kappa shape index (κ3) is 7.01. The molecule has 158 valence electrons. The largest absolute Gasteiger partial charge is 0.482 e. The summed E-state index contributed by atoms with van der Waals surface area (Å²) in [6, 6.07) is 12.8. The van der Waals surface area contributed by atoms with Crippen molar-refractivity contribution in [2.45, 2.75) is 30.8 Å². The number of hydrogen-bond donors (Lipinski definition) is 2. The van der Waals surface area contributed by atoms with Crippen LogP contribution in [0.3, 0.4) is 0 Å². The SMILES string of the molecule is COC[C@@H](C)NC(=O)COc1ccc(S(=O)(=O)N[C@H](C)c2ccccc2)cc1Cl. The molecule has 7 nitrogen and oxygen atoms in total. The number of amides is 1. The number of methoxy groups -OCH3 is 1. The van der Waals surface area contributed by atoms with Crippen LogP contribution in [-0.2, 0) is 19.6 Å². The number of rotatable bonds is 10. The fourth-order valence-electron chi connectivity index (χ4n) is 2.63. The summed E-state index contributed by atoms with van der Waals surface area (Å²) in [4.78, 5) is 11.9. The van der Waals surface area contributed by atoms with Gasteiger partial charge in [0.05, 0.1) is 16.5 Å². The topological polar surface area (TPSA) is 93.7 Å². The van der Waals surface area contributed by atoms with Crippen LogP contribution in [0.15, 0.2) is 53.4 Å². The molecule has 0 heterocycles. The molecule has 2 aromatic carbocycles. The van der Waals surface area contributed by atoms with Gasteiger partial charge in [0.15, 0.2) is 6.61 Å². The second-order valence-electron chi connectivity index (χ2n) is 6.56. The maximum Gasteiger partial charge on any atom is 0.258 e. The van der Waals surface area contributed by atoms with Gasteiger partial charge in [0.2, 0.25) is 10.0 Å². The summed E-state index contributed by atoms with van der Waals surface area (Å²) in [6.07, 6.45) is 0. The van der Waals surface area contributed by atoms with Crippen LogP contribution in [0.25, 0.3) is 0 Å². The Labute approximate surface area is 176 Å².